The minimum absolute atomic E-state index is 0.290. The van der Waals surface area contributed by atoms with E-state index in [1.54, 1.807) is 0 Å². The van der Waals surface area contributed by atoms with Gasteiger partial charge in [0.2, 0.25) is 0 Å². The molecule has 78 valence electrons. The number of nitrogens with two attached hydrogens (primary N) is 1. The molecule has 0 spiro atoms. The van der Waals surface area contributed by atoms with Gasteiger partial charge in [0.05, 0.1) is 5.69 Å². The van der Waals surface area contributed by atoms with Crippen molar-refractivity contribution in [2.75, 3.05) is 5.73 Å². The maximum atomic E-state index is 9.81. The van der Waals surface area contributed by atoms with Gasteiger partial charge in [0, 0.05) is 0 Å². The van der Waals surface area contributed by atoms with Gasteiger partial charge in [-0.25, -0.2) is 0 Å². The smallest absolute Gasteiger partial charge is 0.141 e. The van der Waals surface area contributed by atoms with E-state index in [4.69, 9.17) is 5.73 Å². The quantitative estimate of drug-likeness (QED) is 0.570. The highest BCUT2D eigenvalue weighted by atomic mass is 16.3. The van der Waals surface area contributed by atoms with E-state index in [-0.39, 0.29) is 5.75 Å². The second-order valence-corrected chi connectivity index (χ2v) is 3.65. The summed E-state index contributed by atoms with van der Waals surface area (Å²) in [6, 6.07) is 4.02. The summed E-state index contributed by atoms with van der Waals surface area (Å²) in [7, 11) is 0. The van der Waals surface area contributed by atoms with E-state index in [1.165, 1.54) is 0 Å². The standard InChI is InChI=1S/C12H19NO/c1-3-5-9-7-8-10(6-4-2)12(14)11(9)13/h7-8,14H,3-6,13H2,1-2H3. The number of aryl methyl sites for hydroxylation is 2. The van der Waals surface area contributed by atoms with Gasteiger partial charge in [-0.2, -0.15) is 0 Å². The Morgan fingerprint density at radius 1 is 1.07 bits per heavy atom. The molecule has 2 heteroatoms. The molecular weight excluding hydrogens is 174 g/mol. The molecule has 0 saturated heterocycles. The minimum atomic E-state index is 0.290. The number of benzene rings is 1. The molecule has 0 fully saturated rings. The Labute approximate surface area is 85.8 Å². The predicted molar refractivity (Wildman–Crippen MR) is 60.5 cm³/mol. The number of hydrogen-bond donors (Lipinski definition) is 2. The number of phenols is 1. The third kappa shape index (κ3) is 2.19. The van der Waals surface area contributed by atoms with Gasteiger partial charge in [0.1, 0.15) is 5.75 Å². The zero-order valence-electron chi connectivity index (χ0n) is 9.01. The lowest BCUT2D eigenvalue weighted by Crippen LogP contribution is -1.97. The van der Waals surface area contributed by atoms with Crippen LogP contribution in [-0.4, -0.2) is 5.11 Å². The lowest BCUT2D eigenvalue weighted by Gasteiger charge is -2.10. The Morgan fingerprint density at radius 3 is 2.14 bits per heavy atom. The highest BCUT2D eigenvalue weighted by Crippen LogP contribution is 2.30. The largest absolute Gasteiger partial charge is 0.505 e. The molecule has 0 aliphatic carbocycles. The Hall–Kier alpha value is -1.18. The molecule has 0 heterocycles. The number of hydrogen-bond acceptors (Lipinski definition) is 2. The lowest BCUT2D eigenvalue weighted by atomic mass is 10.0. The highest BCUT2D eigenvalue weighted by molar-refractivity contribution is 5.61. The SMILES string of the molecule is CCCc1ccc(CCC)c(O)c1N. The molecule has 1 aromatic rings. The number of phenolic OH excluding ortho intramolecular Hbond substituents is 1. The van der Waals surface area contributed by atoms with Crippen LogP contribution in [0.25, 0.3) is 0 Å². The van der Waals surface area contributed by atoms with E-state index < -0.39 is 0 Å². The molecule has 0 unspecified atom stereocenters. The Kier molecular flexibility index (Phi) is 3.81. The average Bonchev–Trinajstić information content (AvgIpc) is 2.18. The summed E-state index contributed by atoms with van der Waals surface area (Å²) in [5, 5.41) is 9.81. The number of aromatic hydroxyl groups is 1. The molecule has 0 aliphatic rings. The summed E-state index contributed by atoms with van der Waals surface area (Å²) >= 11 is 0. The number of nitrogen functional groups attached to an aromatic ring is 1. The van der Waals surface area contributed by atoms with Crippen LogP contribution >= 0.6 is 0 Å². The van der Waals surface area contributed by atoms with Crippen LogP contribution in [0.2, 0.25) is 0 Å². The van der Waals surface area contributed by atoms with Crippen molar-refractivity contribution in [1.82, 2.24) is 0 Å². The fourth-order valence-corrected chi connectivity index (χ4v) is 1.65. The van der Waals surface area contributed by atoms with Gasteiger partial charge in [0.25, 0.3) is 0 Å². The fraction of sp³-hybridized carbons (Fsp3) is 0.500. The summed E-state index contributed by atoms with van der Waals surface area (Å²) in [6.07, 6.45) is 3.91. The maximum Gasteiger partial charge on any atom is 0.141 e. The maximum absolute atomic E-state index is 9.81. The van der Waals surface area contributed by atoms with Crippen LogP contribution in [0.5, 0.6) is 5.75 Å². The zero-order chi connectivity index (χ0) is 10.6. The van der Waals surface area contributed by atoms with E-state index in [0.717, 1.165) is 36.8 Å². The van der Waals surface area contributed by atoms with E-state index in [9.17, 15) is 5.11 Å². The first-order valence-electron chi connectivity index (χ1n) is 5.29. The molecule has 0 atom stereocenters. The van der Waals surface area contributed by atoms with Crippen molar-refractivity contribution in [3.63, 3.8) is 0 Å². The van der Waals surface area contributed by atoms with Crippen LogP contribution in [0.4, 0.5) is 5.69 Å². The van der Waals surface area contributed by atoms with Crippen LogP contribution in [0, 0.1) is 0 Å². The van der Waals surface area contributed by atoms with Gasteiger partial charge in [-0.05, 0) is 24.0 Å². The average molecular weight is 193 g/mol. The van der Waals surface area contributed by atoms with E-state index in [0.29, 0.717) is 5.69 Å². The van der Waals surface area contributed by atoms with Gasteiger partial charge in [-0.1, -0.05) is 38.8 Å². The summed E-state index contributed by atoms with van der Waals surface area (Å²) in [5.41, 5.74) is 8.44. The van der Waals surface area contributed by atoms with Crippen LogP contribution in [-0.2, 0) is 12.8 Å². The Morgan fingerprint density at radius 2 is 1.57 bits per heavy atom. The normalized spacial score (nSPS) is 10.4. The first-order chi connectivity index (χ1) is 6.70. The monoisotopic (exact) mass is 193 g/mol. The predicted octanol–water partition coefficient (Wildman–Crippen LogP) is 2.88. The molecule has 0 aromatic heterocycles. The van der Waals surface area contributed by atoms with Crippen LogP contribution < -0.4 is 5.73 Å². The molecule has 3 N–H and O–H groups in total. The lowest BCUT2D eigenvalue weighted by molar-refractivity contribution is 0.469. The molecule has 0 aliphatic heterocycles. The molecule has 1 aromatic carbocycles. The van der Waals surface area contributed by atoms with Crippen LogP contribution in [0.1, 0.15) is 37.8 Å². The molecule has 14 heavy (non-hydrogen) atoms. The second-order valence-electron chi connectivity index (χ2n) is 3.65. The van der Waals surface area contributed by atoms with E-state index in [1.807, 2.05) is 12.1 Å². The van der Waals surface area contributed by atoms with Gasteiger partial charge >= 0.3 is 0 Å². The van der Waals surface area contributed by atoms with Crippen molar-refractivity contribution in [2.45, 2.75) is 39.5 Å². The number of anilines is 1. The van der Waals surface area contributed by atoms with Crippen LogP contribution in [0.3, 0.4) is 0 Å². The van der Waals surface area contributed by atoms with Crippen molar-refractivity contribution in [3.05, 3.63) is 23.3 Å². The molecule has 2 nitrogen and oxygen atoms in total. The van der Waals surface area contributed by atoms with Gasteiger partial charge in [-0.15, -0.1) is 0 Å². The van der Waals surface area contributed by atoms with Crippen molar-refractivity contribution >= 4 is 5.69 Å². The Balaban J connectivity index is 2.99. The summed E-state index contributed by atoms with van der Waals surface area (Å²) in [4.78, 5) is 0. The topological polar surface area (TPSA) is 46.2 Å². The third-order valence-electron chi connectivity index (χ3n) is 2.43. The van der Waals surface area contributed by atoms with Gasteiger partial charge < -0.3 is 10.8 Å². The van der Waals surface area contributed by atoms with Gasteiger partial charge in [-0.3, -0.25) is 0 Å². The zero-order valence-corrected chi connectivity index (χ0v) is 9.01. The second kappa shape index (κ2) is 4.89. The summed E-state index contributed by atoms with van der Waals surface area (Å²) in [6.45, 7) is 4.20. The van der Waals surface area contributed by atoms with E-state index in [2.05, 4.69) is 13.8 Å². The summed E-state index contributed by atoms with van der Waals surface area (Å²) < 4.78 is 0. The summed E-state index contributed by atoms with van der Waals surface area (Å²) in [5.74, 6) is 0.290. The number of rotatable bonds is 4. The van der Waals surface area contributed by atoms with Crippen LogP contribution in [0.15, 0.2) is 12.1 Å². The fourth-order valence-electron chi connectivity index (χ4n) is 1.65. The third-order valence-corrected chi connectivity index (χ3v) is 2.43. The van der Waals surface area contributed by atoms with E-state index >= 15 is 0 Å². The molecular formula is C12H19NO. The van der Waals surface area contributed by atoms with Crippen molar-refractivity contribution in [2.24, 2.45) is 0 Å². The molecule has 1 rings (SSSR count). The molecule has 0 saturated carbocycles. The molecule has 0 amide bonds. The molecule has 0 radical (unpaired) electrons. The molecule has 0 bridgehead atoms. The minimum Gasteiger partial charge on any atom is -0.505 e. The Bertz CT molecular complexity index is 276. The highest BCUT2D eigenvalue weighted by Gasteiger charge is 2.08. The first-order valence-corrected chi connectivity index (χ1v) is 5.29. The van der Waals surface area contributed by atoms with Crippen molar-refractivity contribution in [3.8, 4) is 5.75 Å². The van der Waals surface area contributed by atoms with Crippen molar-refractivity contribution < 1.29 is 5.11 Å². The van der Waals surface area contributed by atoms with Crippen molar-refractivity contribution in [1.29, 1.82) is 0 Å². The van der Waals surface area contributed by atoms with Gasteiger partial charge in [0.15, 0.2) is 0 Å². The first kappa shape index (κ1) is 10.9.